The highest BCUT2D eigenvalue weighted by Gasteiger charge is 2.17. The lowest BCUT2D eigenvalue weighted by Gasteiger charge is -2.07. The van der Waals surface area contributed by atoms with Gasteiger partial charge in [0, 0.05) is 16.2 Å². The molecule has 0 radical (unpaired) electrons. The summed E-state index contributed by atoms with van der Waals surface area (Å²) in [6.45, 7) is 4.24. The van der Waals surface area contributed by atoms with Crippen molar-refractivity contribution in [3.8, 4) is 0 Å². The standard InChI is InChI=1S/C16H16FIN6O/c1-8(2)22-15-13-12(23-24-15)14(21-7-20-13)16(25)19-6-9-3-4-10(17)11(18)5-9/h3-5,7-8H,6H2,1-2H3,(H,19,25)(H2,22,23,24). The largest absolute Gasteiger partial charge is 0.365 e. The van der Waals surface area contributed by atoms with Crippen LogP contribution >= 0.6 is 22.6 Å². The van der Waals surface area contributed by atoms with Crippen molar-refractivity contribution in [1.29, 1.82) is 0 Å². The SMILES string of the molecule is CC(C)Nc1n[nH]c2c(C(=O)NCc3ccc(F)c(I)c3)ncnc12. The zero-order chi connectivity index (χ0) is 18.0. The smallest absolute Gasteiger partial charge is 0.272 e. The van der Waals surface area contributed by atoms with E-state index in [1.807, 2.05) is 36.4 Å². The molecule has 0 unspecified atom stereocenters. The van der Waals surface area contributed by atoms with Crippen molar-refractivity contribution in [2.24, 2.45) is 0 Å². The van der Waals surface area contributed by atoms with Gasteiger partial charge in [0.25, 0.3) is 5.91 Å². The maximum atomic E-state index is 13.3. The summed E-state index contributed by atoms with van der Waals surface area (Å²) in [5, 5.41) is 12.9. The zero-order valence-corrected chi connectivity index (χ0v) is 15.8. The van der Waals surface area contributed by atoms with Crippen LogP contribution in [0.4, 0.5) is 10.2 Å². The zero-order valence-electron chi connectivity index (χ0n) is 13.6. The summed E-state index contributed by atoms with van der Waals surface area (Å²) in [6, 6.07) is 4.88. The highest BCUT2D eigenvalue weighted by Crippen LogP contribution is 2.20. The third-order valence-electron chi connectivity index (χ3n) is 3.43. The number of halogens is 2. The molecule has 0 spiro atoms. The molecule has 3 rings (SSSR count). The van der Waals surface area contributed by atoms with E-state index in [-0.39, 0.29) is 30.0 Å². The molecule has 9 heteroatoms. The van der Waals surface area contributed by atoms with E-state index in [2.05, 4.69) is 30.8 Å². The summed E-state index contributed by atoms with van der Waals surface area (Å²) in [5.41, 5.74) is 2.05. The average molecular weight is 454 g/mol. The van der Waals surface area contributed by atoms with Gasteiger partial charge in [0.2, 0.25) is 0 Å². The third-order valence-corrected chi connectivity index (χ3v) is 4.26. The minimum absolute atomic E-state index is 0.180. The van der Waals surface area contributed by atoms with Crippen molar-refractivity contribution in [3.05, 3.63) is 45.2 Å². The number of anilines is 1. The minimum Gasteiger partial charge on any atom is -0.365 e. The van der Waals surface area contributed by atoms with Gasteiger partial charge < -0.3 is 10.6 Å². The summed E-state index contributed by atoms with van der Waals surface area (Å²) in [6.07, 6.45) is 1.33. The van der Waals surface area contributed by atoms with Gasteiger partial charge in [0.1, 0.15) is 23.2 Å². The normalized spacial score (nSPS) is 11.1. The number of nitrogens with zero attached hydrogens (tertiary/aromatic N) is 3. The molecule has 0 aliphatic carbocycles. The van der Waals surface area contributed by atoms with Crippen LogP contribution in [0.5, 0.6) is 0 Å². The number of aromatic amines is 1. The Morgan fingerprint density at radius 2 is 2.16 bits per heavy atom. The Morgan fingerprint density at radius 1 is 1.36 bits per heavy atom. The number of aromatic nitrogens is 4. The van der Waals surface area contributed by atoms with Crippen LogP contribution < -0.4 is 10.6 Å². The van der Waals surface area contributed by atoms with E-state index in [4.69, 9.17) is 0 Å². The minimum atomic E-state index is -0.355. The molecular weight excluding hydrogens is 438 g/mol. The van der Waals surface area contributed by atoms with Crippen LogP contribution in [0.1, 0.15) is 29.9 Å². The molecule has 0 atom stereocenters. The first-order chi connectivity index (χ1) is 12.0. The van der Waals surface area contributed by atoms with Crippen LogP contribution in [-0.4, -0.2) is 32.1 Å². The van der Waals surface area contributed by atoms with Crippen molar-refractivity contribution in [3.63, 3.8) is 0 Å². The molecule has 1 aromatic carbocycles. The van der Waals surface area contributed by atoms with E-state index < -0.39 is 0 Å². The van der Waals surface area contributed by atoms with Crippen LogP contribution in [0, 0.1) is 9.39 Å². The second-order valence-electron chi connectivity index (χ2n) is 5.75. The Hall–Kier alpha value is -2.30. The molecule has 0 saturated heterocycles. The van der Waals surface area contributed by atoms with Gasteiger partial charge in [0.15, 0.2) is 11.5 Å². The fourth-order valence-electron chi connectivity index (χ4n) is 2.30. The number of hydrogen-bond donors (Lipinski definition) is 3. The number of carbonyl (C=O) groups is 1. The molecule has 0 saturated carbocycles. The topological polar surface area (TPSA) is 95.6 Å². The lowest BCUT2D eigenvalue weighted by atomic mass is 10.2. The lowest BCUT2D eigenvalue weighted by Crippen LogP contribution is -2.24. The van der Waals surface area contributed by atoms with Gasteiger partial charge in [-0.25, -0.2) is 14.4 Å². The summed E-state index contributed by atoms with van der Waals surface area (Å²) < 4.78 is 13.8. The van der Waals surface area contributed by atoms with Gasteiger partial charge in [-0.05, 0) is 54.1 Å². The number of fused-ring (bicyclic) bond motifs is 1. The Bertz CT molecular complexity index is 926. The van der Waals surface area contributed by atoms with Gasteiger partial charge in [-0.1, -0.05) is 6.07 Å². The molecule has 25 heavy (non-hydrogen) atoms. The van der Waals surface area contributed by atoms with Crippen molar-refractivity contribution in [2.45, 2.75) is 26.4 Å². The first-order valence-corrected chi connectivity index (χ1v) is 8.71. The molecular formula is C16H16FIN6O. The molecule has 2 aromatic heterocycles. The second-order valence-corrected chi connectivity index (χ2v) is 6.91. The number of benzene rings is 1. The number of rotatable bonds is 5. The first kappa shape index (κ1) is 17.5. The first-order valence-electron chi connectivity index (χ1n) is 7.63. The Labute approximate surface area is 157 Å². The van der Waals surface area contributed by atoms with E-state index in [0.717, 1.165) is 5.56 Å². The highest BCUT2D eigenvalue weighted by molar-refractivity contribution is 14.1. The summed E-state index contributed by atoms with van der Waals surface area (Å²) in [7, 11) is 0. The number of carbonyl (C=O) groups excluding carboxylic acids is 1. The molecule has 0 aliphatic rings. The van der Waals surface area contributed by atoms with Crippen molar-refractivity contribution >= 4 is 45.3 Å². The van der Waals surface area contributed by atoms with E-state index in [1.165, 1.54) is 12.4 Å². The fraction of sp³-hybridized carbons (Fsp3) is 0.250. The molecule has 0 aliphatic heterocycles. The lowest BCUT2D eigenvalue weighted by molar-refractivity contribution is 0.0947. The van der Waals surface area contributed by atoms with Crippen molar-refractivity contribution in [2.75, 3.05) is 5.32 Å². The van der Waals surface area contributed by atoms with E-state index in [0.29, 0.717) is 20.4 Å². The number of amides is 1. The Balaban J connectivity index is 1.80. The average Bonchev–Trinajstić information content (AvgIpc) is 2.98. The molecule has 0 bridgehead atoms. The summed E-state index contributed by atoms with van der Waals surface area (Å²) >= 11 is 1.91. The molecule has 130 valence electrons. The van der Waals surface area contributed by atoms with Gasteiger partial charge in [0.05, 0.1) is 0 Å². The highest BCUT2D eigenvalue weighted by atomic mass is 127. The molecule has 3 aromatic rings. The van der Waals surface area contributed by atoms with Crippen LogP contribution in [-0.2, 0) is 6.54 Å². The molecule has 0 fully saturated rings. The maximum Gasteiger partial charge on any atom is 0.272 e. The number of nitrogens with one attached hydrogen (secondary N) is 3. The van der Waals surface area contributed by atoms with E-state index in [1.54, 1.807) is 12.1 Å². The monoisotopic (exact) mass is 454 g/mol. The van der Waals surface area contributed by atoms with E-state index >= 15 is 0 Å². The fourth-order valence-corrected chi connectivity index (χ4v) is 2.88. The van der Waals surface area contributed by atoms with Crippen LogP contribution in [0.2, 0.25) is 0 Å². The van der Waals surface area contributed by atoms with Crippen LogP contribution in [0.25, 0.3) is 11.0 Å². The molecule has 1 amide bonds. The molecule has 3 N–H and O–H groups in total. The third kappa shape index (κ3) is 3.86. The quantitative estimate of drug-likeness (QED) is 0.516. The van der Waals surface area contributed by atoms with Gasteiger partial charge in [-0.3, -0.25) is 9.89 Å². The summed E-state index contributed by atoms with van der Waals surface area (Å²) in [5.74, 6) is -0.0585. The summed E-state index contributed by atoms with van der Waals surface area (Å²) in [4.78, 5) is 20.7. The predicted octanol–water partition coefficient (Wildman–Crippen LogP) is 2.85. The molecule has 7 nitrogen and oxygen atoms in total. The van der Waals surface area contributed by atoms with Crippen molar-refractivity contribution < 1.29 is 9.18 Å². The molecule has 2 heterocycles. The van der Waals surface area contributed by atoms with E-state index in [9.17, 15) is 9.18 Å². The van der Waals surface area contributed by atoms with Gasteiger partial charge in [-0.15, -0.1) is 0 Å². The second kappa shape index (κ2) is 7.30. The van der Waals surface area contributed by atoms with Crippen LogP contribution in [0.3, 0.4) is 0 Å². The maximum absolute atomic E-state index is 13.3. The van der Waals surface area contributed by atoms with Crippen LogP contribution in [0.15, 0.2) is 24.5 Å². The predicted molar refractivity (Wildman–Crippen MR) is 101 cm³/mol. The Kier molecular flexibility index (Phi) is 5.11. The van der Waals surface area contributed by atoms with Gasteiger partial charge >= 0.3 is 0 Å². The van der Waals surface area contributed by atoms with Gasteiger partial charge in [-0.2, -0.15) is 5.10 Å². The number of H-pyrrole nitrogens is 1. The Morgan fingerprint density at radius 3 is 2.88 bits per heavy atom. The number of hydrogen-bond acceptors (Lipinski definition) is 5. The van der Waals surface area contributed by atoms with Crippen molar-refractivity contribution in [1.82, 2.24) is 25.5 Å².